The van der Waals surface area contributed by atoms with Crippen molar-refractivity contribution in [2.45, 2.75) is 18.6 Å². The third-order valence-electron chi connectivity index (χ3n) is 3.66. The largest absolute Gasteiger partial charge is 0.303 e. The Hall–Kier alpha value is -2.18. The van der Waals surface area contributed by atoms with Gasteiger partial charge in [0.1, 0.15) is 5.82 Å². The Bertz CT molecular complexity index is 834. The lowest BCUT2D eigenvalue weighted by Crippen LogP contribution is -2.26. The number of carbonyl (C=O) groups excluding carboxylic acids is 1. The lowest BCUT2D eigenvalue weighted by molar-refractivity contribution is -0.118. The summed E-state index contributed by atoms with van der Waals surface area (Å²) < 4.78 is 13.0. The molecule has 1 aliphatic heterocycles. The maximum Gasteiger partial charge on any atom is 0.239 e. The number of benzene rings is 2. The Morgan fingerprint density at radius 3 is 2.56 bits per heavy atom. The fraction of sp³-hybridized carbons (Fsp3) is 0.167. The van der Waals surface area contributed by atoms with E-state index in [1.54, 1.807) is 24.3 Å². The molecule has 0 spiro atoms. The van der Waals surface area contributed by atoms with E-state index in [0.717, 1.165) is 16.8 Å². The Labute approximate surface area is 154 Å². The Balaban J connectivity index is 1.66. The van der Waals surface area contributed by atoms with Crippen molar-refractivity contribution in [3.63, 3.8) is 0 Å². The van der Waals surface area contributed by atoms with Crippen molar-refractivity contribution in [1.29, 1.82) is 0 Å². The van der Waals surface area contributed by atoms with Gasteiger partial charge in [0, 0.05) is 5.02 Å². The van der Waals surface area contributed by atoms with Crippen LogP contribution < -0.4 is 5.32 Å². The summed E-state index contributed by atoms with van der Waals surface area (Å²) >= 11 is 7.19. The molecule has 0 bridgehead atoms. The van der Waals surface area contributed by atoms with Gasteiger partial charge in [0.2, 0.25) is 5.91 Å². The first kappa shape index (κ1) is 17.6. The van der Waals surface area contributed by atoms with Crippen molar-refractivity contribution in [2.75, 3.05) is 0 Å². The van der Waals surface area contributed by atoms with Crippen LogP contribution in [0.25, 0.3) is 0 Å². The van der Waals surface area contributed by atoms with E-state index in [9.17, 15) is 9.18 Å². The maximum absolute atomic E-state index is 13.0. The number of thioether (sulfide) groups is 1. The van der Waals surface area contributed by atoms with Crippen molar-refractivity contribution in [3.8, 4) is 0 Å². The number of halogens is 2. The van der Waals surface area contributed by atoms with Crippen molar-refractivity contribution in [3.05, 3.63) is 70.5 Å². The molecule has 25 heavy (non-hydrogen) atoms. The second-order valence-electron chi connectivity index (χ2n) is 5.52. The van der Waals surface area contributed by atoms with Gasteiger partial charge in [-0.2, -0.15) is 5.10 Å². The quantitative estimate of drug-likeness (QED) is 0.647. The minimum Gasteiger partial charge on any atom is -0.303 e. The molecule has 2 aromatic rings. The van der Waals surface area contributed by atoms with Gasteiger partial charge in [-0.1, -0.05) is 47.6 Å². The first-order chi connectivity index (χ1) is 12.0. The number of amides is 1. The van der Waals surface area contributed by atoms with Gasteiger partial charge in [0.15, 0.2) is 5.17 Å². The SMILES string of the molecule is C/C(=N/N=C1/NC(=O)[C@H](Cc2ccc(F)cc2)S1)c1ccc(Cl)cc1. The summed E-state index contributed by atoms with van der Waals surface area (Å²) in [6.07, 6.45) is 0.510. The Kier molecular flexibility index (Phi) is 5.50. The molecule has 0 radical (unpaired) electrons. The smallest absolute Gasteiger partial charge is 0.239 e. The van der Waals surface area contributed by atoms with E-state index >= 15 is 0 Å². The first-order valence-corrected chi connectivity index (χ1v) is 8.87. The third kappa shape index (κ3) is 4.67. The second kappa shape index (κ2) is 7.80. The normalized spacial score (nSPS) is 19.3. The molecule has 0 unspecified atom stereocenters. The number of rotatable bonds is 4. The third-order valence-corrected chi connectivity index (χ3v) is 4.99. The molecule has 7 heteroatoms. The predicted molar refractivity (Wildman–Crippen MR) is 101 cm³/mol. The summed E-state index contributed by atoms with van der Waals surface area (Å²) in [6, 6.07) is 13.4. The van der Waals surface area contributed by atoms with E-state index in [-0.39, 0.29) is 17.0 Å². The predicted octanol–water partition coefficient (Wildman–Crippen LogP) is 4.03. The molecule has 1 atom stereocenters. The fourth-order valence-electron chi connectivity index (χ4n) is 2.29. The molecule has 128 valence electrons. The summed E-state index contributed by atoms with van der Waals surface area (Å²) in [5.41, 5.74) is 2.53. The van der Waals surface area contributed by atoms with Crippen LogP contribution in [0.2, 0.25) is 5.02 Å². The highest BCUT2D eigenvalue weighted by molar-refractivity contribution is 8.15. The summed E-state index contributed by atoms with van der Waals surface area (Å²) in [4.78, 5) is 12.1. The molecule has 2 aromatic carbocycles. The molecule has 3 rings (SSSR count). The van der Waals surface area contributed by atoms with Crippen LogP contribution in [-0.2, 0) is 11.2 Å². The van der Waals surface area contributed by atoms with Crippen LogP contribution in [0, 0.1) is 5.82 Å². The van der Waals surface area contributed by atoms with Crippen molar-refractivity contribution >= 4 is 40.1 Å². The molecular formula is C18H15ClFN3OS. The molecule has 1 N–H and O–H groups in total. The first-order valence-electron chi connectivity index (χ1n) is 7.61. The van der Waals surface area contributed by atoms with Crippen LogP contribution in [0.3, 0.4) is 0 Å². The fourth-order valence-corrected chi connectivity index (χ4v) is 3.38. The summed E-state index contributed by atoms with van der Waals surface area (Å²) in [5, 5.41) is 11.8. The van der Waals surface area contributed by atoms with E-state index in [0.29, 0.717) is 16.6 Å². The molecule has 1 fully saturated rings. The van der Waals surface area contributed by atoms with Crippen LogP contribution in [0.5, 0.6) is 0 Å². The number of hydrogen-bond donors (Lipinski definition) is 1. The van der Waals surface area contributed by atoms with Gasteiger partial charge >= 0.3 is 0 Å². The van der Waals surface area contributed by atoms with Crippen molar-refractivity contribution < 1.29 is 9.18 Å². The molecule has 0 aliphatic carbocycles. The molecule has 4 nitrogen and oxygen atoms in total. The van der Waals surface area contributed by atoms with Gasteiger partial charge in [0.05, 0.1) is 11.0 Å². The Morgan fingerprint density at radius 1 is 1.20 bits per heavy atom. The summed E-state index contributed by atoms with van der Waals surface area (Å²) in [7, 11) is 0. The molecule has 1 aliphatic rings. The van der Waals surface area contributed by atoms with Gasteiger partial charge in [-0.05, 0) is 48.7 Å². The molecule has 0 aromatic heterocycles. The standard InChI is InChI=1S/C18H15ClFN3OS/c1-11(13-4-6-14(19)7-5-13)22-23-18-21-17(24)16(25-18)10-12-2-8-15(20)9-3-12/h2-9,16H,10H2,1H3,(H,21,23,24)/b22-11-/t16-/m0/s1. The van der Waals surface area contributed by atoms with E-state index in [4.69, 9.17) is 11.6 Å². The van der Waals surface area contributed by atoms with Gasteiger partial charge in [-0.15, -0.1) is 5.10 Å². The molecule has 1 saturated heterocycles. The number of hydrogen-bond acceptors (Lipinski definition) is 4. The topological polar surface area (TPSA) is 53.8 Å². The molecule has 1 amide bonds. The molecule has 0 saturated carbocycles. The highest BCUT2D eigenvalue weighted by atomic mass is 35.5. The molecule has 1 heterocycles. The minimum absolute atomic E-state index is 0.118. The monoisotopic (exact) mass is 375 g/mol. The zero-order valence-electron chi connectivity index (χ0n) is 13.4. The summed E-state index contributed by atoms with van der Waals surface area (Å²) in [5.74, 6) is -0.408. The van der Waals surface area contributed by atoms with Crippen LogP contribution in [0.15, 0.2) is 58.7 Å². The lowest BCUT2D eigenvalue weighted by Gasteiger charge is -2.04. The zero-order chi connectivity index (χ0) is 17.8. The number of nitrogens with one attached hydrogen (secondary N) is 1. The van der Waals surface area contributed by atoms with Gasteiger partial charge in [-0.25, -0.2) is 4.39 Å². The van der Waals surface area contributed by atoms with Gasteiger partial charge in [0.25, 0.3) is 0 Å². The van der Waals surface area contributed by atoms with Crippen molar-refractivity contribution in [2.24, 2.45) is 10.2 Å². The second-order valence-corrected chi connectivity index (χ2v) is 7.15. The van der Waals surface area contributed by atoms with Gasteiger partial charge in [-0.3, -0.25) is 4.79 Å². The van der Waals surface area contributed by atoms with Crippen LogP contribution in [-0.4, -0.2) is 22.0 Å². The molecular weight excluding hydrogens is 361 g/mol. The highest BCUT2D eigenvalue weighted by Gasteiger charge is 2.30. The average Bonchev–Trinajstić information content (AvgIpc) is 2.95. The number of carbonyl (C=O) groups is 1. The van der Waals surface area contributed by atoms with E-state index in [1.165, 1.54) is 23.9 Å². The average molecular weight is 376 g/mol. The number of amidine groups is 1. The van der Waals surface area contributed by atoms with Crippen LogP contribution in [0.1, 0.15) is 18.1 Å². The van der Waals surface area contributed by atoms with E-state index < -0.39 is 0 Å². The van der Waals surface area contributed by atoms with E-state index in [1.807, 2.05) is 19.1 Å². The van der Waals surface area contributed by atoms with Crippen LogP contribution in [0.4, 0.5) is 4.39 Å². The van der Waals surface area contributed by atoms with Crippen molar-refractivity contribution in [1.82, 2.24) is 5.32 Å². The maximum atomic E-state index is 13.0. The Morgan fingerprint density at radius 2 is 1.88 bits per heavy atom. The zero-order valence-corrected chi connectivity index (χ0v) is 14.9. The highest BCUT2D eigenvalue weighted by Crippen LogP contribution is 2.23. The van der Waals surface area contributed by atoms with Gasteiger partial charge < -0.3 is 5.32 Å². The lowest BCUT2D eigenvalue weighted by atomic mass is 10.1. The minimum atomic E-state index is -0.296. The summed E-state index contributed by atoms with van der Waals surface area (Å²) in [6.45, 7) is 1.84. The number of nitrogens with zero attached hydrogens (tertiary/aromatic N) is 2. The van der Waals surface area contributed by atoms with E-state index in [2.05, 4.69) is 15.5 Å². The van der Waals surface area contributed by atoms with Crippen LogP contribution >= 0.6 is 23.4 Å².